The van der Waals surface area contributed by atoms with Gasteiger partial charge in [-0.25, -0.2) is 8.42 Å². The van der Waals surface area contributed by atoms with E-state index in [2.05, 4.69) is 24.1 Å². The molecule has 2 aromatic carbocycles. The maximum atomic E-state index is 13.2. The Hall–Kier alpha value is -5.68. The summed E-state index contributed by atoms with van der Waals surface area (Å²) in [4.78, 5) is 63.4. The zero-order chi connectivity index (χ0) is 52.8. The van der Waals surface area contributed by atoms with Gasteiger partial charge in [-0.05, 0) is 87.3 Å². The van der Waals surface area contributed by atoms with Crippen molar-refractivity contribution in [2.45, 2.75) is 116 Å². The third-order valence-corrected chi connectivity index (χ3v) is 14.4. The highest BCUT2D eigenvalue weighted by molar-refractivity contribution is 7.86. The highest BCUT2D eigenvalue weighted by atomic mass is 32.2. The van der Waals surface area contributed by atoms with Crippen LogP contribution in [0.15, 0.2) is 72.1 Å². The summed E-state index contributed by atoms with van der Waals surface area (Å²) in [6.07, 6.45) is 7.59. The minimum atomic E-state index is -4.99. The highest BCUT2D eigenvalue weighted by Crippen LogP contribution is 2.37. The standard InChI is InChI=1S/C21H27N4O8PS.C15H22N2O2.C6H8NO6PS.3H3N/c1-4-6-7-14(5-2)12-25-20(26)16(11-22)13(3)19(21(25)27)24-23-17-10-15(34(28,29)30)8-9-18(17)35(31,32)33;1-4-6-7-12(5-2)10-17-14(18)8-11(3)13(9-16)15(17)19;7-5-3-4(14(8,9)10)1-2-6(5)15(11,12)13;;;/h8-10,14,26H,4-7,12H2,1-3H3,(H2,28,29,30)(H,31,32,33);8,12,19H,4-7,10H2,1-3H3;1-3H,7H2,(H2,8,9,10)(H,11,12,13);3*1H3/p-3. The highest BCUT2D eigenvalue weighted by Gasteiger charge is 2.25. The third-order valence-electron chi connectivity index (χ3n) is 10.7. The molecule has 2 aromatic heterocycles. The first kappa shape index (κ1) is 68.4. The van der Waals surface area contributed by atoms with Gasteiger partial charge >= 0.3 is 7.60 Å². The van der Waals surface area contributed by atoms with Crippen LogP contribution >= 0.6 is 15.2 Å². The van der Waals surface area contributed by atoms with E-state index < -0.39 is 78.6 Å². The van der Waals surface area contributed by atoms with Gasteiger partial charge in [-0.2, -0.15) is 18.9 Å². The molecule has 0 saturated heterocycles. The van der Waals surface area contributed by atoms with Crippen LogP contribution in [0.4, 0.5) is 17.1 Å². The van der Waals surface area contributed by atoms with Gasteiger partial charge in [0.2, 0.25) is 11.8 Å². The summed E-state index contributed by atoms with van der Waals surface area (Å²) < 4.78 is 89.0. The molecule has 30 heteroatoms. The van der Waals surface area contributed by atoms with Gasteiger partial charge in [0.25, 0.3) is 21.2 Å². The first-order valence-electron chi connectivity index (χ1n) is 21.1. The van der Waals surface area contributed by atoms with Gasteiger partial charge in [-0.3, -0.25) is 27.8 Å². The Kier molecular flexibility index (Phi) is 27.7. The molecule has 0 saturated carbocycles. The van der Waals surface area contributed by atoms with Crippen LogP contribution in [-0.2, 0) is 42.5 Å². The average Bonchev–Trinajstić information content (AvgIpc) is 3.25. The average molecular weight is 1090 g/mol. The Balaban J connectivity index is 0. The van der Waals surface area contributed by atoms with E-state index in [9.17, 15) is 79.7 Å². The lowest BCUT2D eigenvalue weighted by Crippen LogP contribution is -2.25. The number of hydrogen-bond acceptors (Lipinski definition) is 21. The Morgan fingerprint density at radius 3 is 1.64 bits per heavy atom. The number of nitrogens with two attached hydrogens (primary N) is 1. The van der Waals surface area contributed by atoms with Crippen molar-refractivity contribution in [3.8, 4) is 23.9 Å². The molecule has 0 aliphatic carbocycles. The predicted octanol–water partition coefficient (Wildman–Crippen LogP) is 4.56. The van der Waals surface area contributed by atoms with Gasteiger partial charge in [-0.1, -0.05) is 72.3 Å². The topological polar surface area (TPSA) is 520 Å². The van der Waals surface area contributed by atoms with E-state index in [4.69, 9.17) is 11.0 Å². The lowest BCUT2D eigenvalue weighted by Gasteiger charge is -2.30. The normalized spacial score (nSPS) is 12.2. The molecule has 4 rings (SSSR count). The van der Waals surface area contributed by atoms with Gasteiger partial charge in [0, 0.05) is 30.4 Å². The predicted molar refractivity (Wildman–Crippen MR) is 263 cm³/mol. The Bertz CT molecular complexity index is 3070. The fourth-order valence-corrected chi connectivity index (χ4v) is 8.96. The minimum absolute atomic E-state index is 0. The number of aromatic nitrogens is 2. The van der Waals surface area contributed by atoms with E-state index in [1.807, 2.05) is 26.0 Å². The van der Waals surface area contributed by atoms with Gasteiger partial charge in [0.1, 0.15) is 44.0 Å². The van der Waals surface area contributed by atoms with Crippen molar-refractivity contribution in [1.29, 1.82) is 10.5 Å². The molecule has 2 atom stereocenters. The number of aryl methyl sites for hydroxylation is 1. The molecule has 0 aliphatic heterocycles. The number of nitrogen functional groups attached to an aromatic ring is 1. The molecule has 72 heavy (non-hydrogen) atoms. The van der Waals surface area contributed by atoms with E-state index in [1.54, 1.807) is 6.92 Å². The van der Waals surface area contributed by atoms with Crippen LogP contribution < -0.4 is 55.7 Å². The van der Waals surface area contributed by atoms with Crippen molar-refractivity contribution in [3.05, 3.63) is 85.4 Å². The van der Waals surface area contributed by atoms with Crippen molar-refractivity contribution in [2.24, 2.45) is 22.1 Å². The minimum Gasteiger partial charge on any atom is -0.807 e. The van der Waals surface area contributed by atoms with Crippen LogP contribution in [0, 0.1) is 48.3 Å². The molecule has 0 spiro atoms. The van der Waals surface area contributed by atoms with Crippen molar-refractivity contribution in [2.75, 3.05) is 5.73 Å². The second-order valence-corrected chi connectivity index (χ2v) is 21.5. The number of hydrogen-bond donors (Lipinski definition) is 9. The SMILES string of the molecule is CCCCC(CC)Cn1c(O)c(C#N)c(C)c(N=Nc2cc(P(=O)(O)O)ccc2S(=O)(=O)O)c1=O.CCCCC(CC)Cn1c(O)c(C#N)c(C)cc1=O.N.N.N.Nc1cc(P(=O)([O-])[O-])ccc1S(=O)(=O)[O-]. The quantitative estimate of drug-likeness (QED) is 0.0285. The molecular weight excluding hydrogens is 1030 g/mol. The van der Waals surface area contributed by atoms with Crippen molar-refractivity contribution in [1.82, 2.24) is 27.6 Å². The molecule has 2 unspecified atom stereocenters. The fourth-order valence-electron chi connectivity index (χ4n) is 6.66. The number of rotatable bonds is 18. The van der Waals surface area contributed by atoms with Crippen molar-refractivity contribution >= 4 is 63.1 Å². The molecule has 2 heterocycles. The molecule has 0 fully saturated rings. The molecular formula is C42H63N10O16P2S2-3. The summed E-state index contributed by atoms with van der Waals surface area (Å²) in [5.41, 5.74) is 3.05. The van der Waals surface area contributed by atoms with E-state index in [-0.39, 0.29) is 64.7 Å². The number of nitrogens with zero attached hydrogens (tertiary/aromatic N) is 6. The largest absolute Gasteiger partial charge is 0.807 e. The number of unbranched alkanes of at least 4 members (excludes halogenated alkanes) is 2. The van der Waals surface area contributed by atoms with Crippen LogP contribution in [0.2, 0.25) is 0 Å². The molecule has 0 amide bonds. The summed E-state index contributed by atoms with van der Waals surface area (Å²) in [6.45, 7) is 11.8. The summed E-state index contributed by atoms with van der Waals surface area (Å²) in [5, 5.41) is 45.4. The Labute approximate surface area is 417 Å². The van der Waals surface area contributed by atoms with Gasteiger partial charge < -0.3 is 63.1 Å². The zero-order valence-corrected chi connectivity index (χ0v) is 44.0. The number of pyridine rings is 2. The molecule has 16 N–H and O–H groups in total. The molecule has 0 bridgehead atoms. The van der Waals surface area contributed by atoms with Crippen molar-refractivity contribution < 1.29 is 64.9 Å². The van der Waals surface area contributed by atoms with E-state index in [0.29, 0.717) is 36.6 Å². The lowest BCUT2D eigenvalue weighted by atomic mass is 9.99. The number of nitriles is 2. The lowest BCUT2D eigenvalue weighted by molar-refractivity contribution is -0.308. The molecule has 4 aromatic rings. The van der Waals surface area contributed by atoms with Crippen LogP contribution in [0.1, 0.15) is 101 Å². The van der Waals surface area contributed by atoms with Crippen LogP contribution in [0.25, 0.3) is 0 Å². The summed E-state index contributed by atoms with van der Waals surface area (Å²) in [6, 6.07) is 9.55. The summed E-state index contributed by atoms with van der Waals surface area (Å²) in [5.74, 6) is -0.324. The molecule has 26 nitrogen and oxygen atoms in total. The Morgan fingerprint density at radius 2 is 1.22 bits per heavy atom. The first-order valence-corrected chi connectivity index (χ1v) is 27.1. The molecule has 402 valence electrons. The number of anilines is 1. The van der Waals surface area contributed by atoms with E-state index in [0.717, 1.165) is 73.8 Å². The second-order valence-electron chi connectivity index (χ2n) is 15.7. The monoisotopic (exact) mass is 1090 g/mol. The third kappa shape index (κ3) is 18.7. The maximum Gasteiger partial charge on any atom is 0.356 e. The van der Waals surface area contributed by atoms with Crippen LogP contribution in [-0.4, -0.2) is 55.1 Å². The van der Waals surface area contributed by atoms with Gasteiger partial charge in [0.05, 0.1) is 10.2 Å². The second kappa shape index (κ2) is 29.1. The number of azo groups is 1. The number of aromatic hydroxyl groups is 2. The summed E-state index contributed by atoms with van der Waals surface area (Å²) >= 11 is 0. The van der Waals surface area contributed by atoms with Crippen molar-refractivity contribution in [3.63, 3.8) is 0 Å². The van der Waals surface area contributed by atoms with Crippen LogP contribution in [0.5, 0.6) is 11.8 Å². The zero-order valence-electron chi connectivity index (χ0n) is 40.6. The fraction of sp³-hybridized carbons (Fsp3) is 0.429. The van der Waals surface area contributed by atoms with E-state index >= 15 is 0 Å². The molecule has 0 radical (unpaired) electrons. The van der Waals surface area contributed by atoms with Gasteiger partial charge in [-0.15, -0.1) is 10.2 Å². The Morgan fingerprint density at radius 1 is 0.750 bits per heavy atom. The number of benzene rings is 2. The van der Waals surface area contributed by atoms with Crippen LogP contribution in [0.3, 0.4) is 0 Å². The summed E-state index contributed by atoms with van der Waals surface area (Å²) in [7, 11) is -19.4. The smallest absolute Gasteiger partial charge is 0.356 e. The van der Waals surface area contributed by atoms with Gasteiger partial charge in [0.15, 0.2) is 5.69 Å². The van der Waals surface area contributed by atoms with E-state index in [1.165, 1.54) is 17.6 Å². The first-order chi connectivity index (χ1) is 31.9. The molecule has 0 aliphatic rings. The maximum absolute atomic E-state index is 13.2.